The molecule has 21 heavy (non-hydrogen) atoms. The van der Waals surface area contributed by atoms with Crippen LogP contribution in [0.15, 0.2) is 27.2 Å². The van der Waals surface area contributed by atoms with Gasteiger partial charge in [0, 0.05) is 19.3 Å². The zero-order valence-corrected chi connectivity index (χ0v) is 14.3. The van der Waals surface area contributed by atoms with Crippen LogP contribution in [0.4, 0.5) is 0 Å². The first kappa shape index (κ1) is 16.5. The summed E-state index contributed by atoms with van der Waals surface area (Å²) in [5.41, 5.74) is 1.04. The summed E-state index contributed by atoms with van der Waals surface area (Å²) in [5.74, 6) is 0. The van der Waals surface area contributed by atoms with E-state index in [4.69, 9.17) is 23.2 Å². The summed E-state index contributed by atoms with van der Waals surface area (Å²) in [4.78, 5) is 13.3. The van der Waals surface area contributed by atoms with Crippen molar-refractivity contribution in [2.75, 3.05) is 7.05 Å². The molecule has 0 amide bonds. The van der Waals surface area contributed by atoms with Crippen LogP contribution in [0.2, 0.25) is 10.0 Å². The molecule has 5 nitrogen and oxygen atoms in total. The SMILES string of the molecule is Cc1[nH]c(=O)sc1S(=O)(=O)N(C)Cc1ccc(Cl)c(Cl)c1. The quantitative estimate of drug-likeness (QED) is 0.903. The lowest BCUT2D eigenvalue weighted by atomic mass is 10.2. The van der Waals surface area contributed by atoms with Gasteiger partial charge in [0.15, 0.2) is 4.21 Å². The van der Waals surface area contributed by atoms with Gasteiger partial charge in [-0.05, 0) is 24.6 Å². The maximum atomic E-state index is 12.4. The zero-order chi connectivity index (χ0) is 15.8. The summed E-state index contributed by atoms with van der Waals surface area (Å²) in [6, 6.07) is 4.93. The number of benzene rings is 1. The molecule has 2 rings (SSSR count). The number of hydrogen-bond acceptors (Lipinski definition) is 4. The van der Waals surface area contributed by atoms with Gasteiger partial charge in [-0.2, -0.15) is 4.31 Å². The number of aryl methyl sites for hydroxylation is 1. The van der Waals surface area contributed by atoms with Gasteiger partial charge in [0.1, 0.15) is 0 Å². The van der Waals surface area contributed by atoms with E-state index in [2.05, 4.69) is 4.98 Å². The molecule has 0 bridgehead atoms. The topological polar surface area (TPSA) is 70.2 Å². The van der Waals surface area contributed by atoms with E-state index in [9.17, 15) is 13.2 Å². The molecule has 0 radical (unpaired) electrons. The molecule has 0 spiro atoms. The molecule has 1 N–H and O–H groups in total. The second-order valence-corrected chi connectivity index (χ2v) is 8.47. The molecule has 1 aromatic heterocycles. The van der Waals surface area contributed by atoms with Gasteiger partial charge in [0.2, 0.25) is 0 Å². The lowest BCUT2D eigenvalue weighted by Crippen LogP contribution is -2.26. The highest BCUT2D eigenvalue weighted by molar-refractivity contribution is 7.91. The van der Waals surface area contributed by atoms with E-state index in [0.29, 0.717) is 32.6 Å². The van der Waals surface area contributed by atoms with Crippen molar-refractivity contribution < 1.29 is 8.42 Å². The Morgan fingerprint density at radius 1 is 1.29 bits per heavy atom. The second kappa shape index (κ2) is 6.10. The highest BCUT2D eigenvalue weighted by atomic mass is 35.5. The van der Waals surface area contributed by atoms with Gasteiger partial charge in [-0.15, -0.1) is 0 Å². The van der Waals surface area contributed by atoms with Crippen LogP contribution in [0.25, 0.3) is 0 Å². The third-order valence-corrected chi connectivity index (χ3v) is 6.94. The zero-order valence-electron chi connectivity index (χ0n) is 11.2. The summed E-state index contributed by atoms with van der Waals surface area (Å²) in [5, 5.41) is 0.771. The fraction of sp³-hybridized carbons (Fsp3) is 0.250. The number of hydrogen-bond donors (Lipinski definition) is 1. The van der Waals surface area contributed by atoms with Gasteiger partial charge >= 0.3 is 4.87 Å². The van der Waals surface area contributed by atoms with E-state index in [0.717, 1.165) is 0 Å². The van der Waals surface area contributed by atoms with Gasteiger partial charge in [-0.25, -0.2) is 8.42 Å². The van der Waals surface area contributed by atoms with Crippen LogP contribution in [0, 0.1) is 6.92 Å². The third-order valence-electron chi connectivity index (χ3n) is 2.81. The minimum atomic E-state index is -3.73. The number of nitrogens with zero attached hydrogens (tertiary/aromatic N) is 1. The van der Waals surface area contributed by atoms with Crippen LogP contribution in [0.1, 0.15) is 11.3 Å². The van der Waals surface area contributed by atoms with Crippen molar-refractivity contribution in [2.24, 2.45) is 0 Å². The van der Waals surface area contributed by atoms with E-state index >= 15 is 0 Å². The Kier molecular flexibility index (Phi) is 4.79. The monoisotopic (exact) mass is 366 g/mol. The molecular formula is C12H12Cl2N2O3S2. The predicted octanol–water partition coefficient (Wildman–Crippen LogP) is 2.87. The van der Waals surface area contributed by atoms with Crippen molar-refractivity contribution in [3.05, 3.63) is 49.2 Å². The fourth-order valence-electron chi connectivity index (χ4n) is 1.76. The molecule has 0 fully saturated rings. The number of aromatic amines is 1. The lowest BCUT2D eigenvalue weighted by molar-refractivity contribution is 0.468. The largest absolute Gasteiger partial charge is 0.315 e. The van der Waals surface area contributed by atoms with Crippen molar-refractivity contribution in [1.29, 1.82) is 0 Å². The van der Waals surface area contributed by atoms with Gasteiger partial charge in [-0.1, -0.05) is 40.6 Å². The Hall–Kier alpha value is -0.860. The predicted molar refractivity (Wildman–Crippen MR) is 84.8 cm³/mol. The van der Waals surface area contributed by atoms with Crippen molar-refractivity contribution >= 4 is 44.6 Å². The number of nitrogens with one attached hydrogen (secondary N) is 1. The van der Waals surface area contributed by atoms with E-state index in [-0.39, 0.29) is 10.8 Å². The van der Waals surface area contributed by atoms with Crippen LogP contribution in [-0.2, 0) is 16.6 Å². The van der Waals surface area contributed by atoms with Crippen LogP contribution < -0.4 is 4.87 Å². The molecule has 0 aliphatic carbocycles. The highest BCUT2D eigenvalue weighted by Crippen LogP contribution is 2.25. The van der Waals surface area contributed by atoms with E-state index in [1.165, 1.54) is 11.4 Å². The lowest BCUT2D eigenvalue weighted by Gasteiger charge is -2.16. The number of thiazole rings is 1. The Morgan fingerprint density at radius 2 is 1.95 bits per heavy atom. The molecule has 0 aliphatic rings. The van der Waals surface area contributed by atoms with Crippen molar-refractivity contribution in [1.82, 2.24) is 9.29 Å². The molecule has 0 saturated heterocycles. The summed E-state index contributed by atoms with van der Waals surface area (Å²) in [6.45, 7) is 1.68. The maximum Gasteiger partial charge on any atom is 0.305 e. The van der Waals surface area contributed by atoms with Gasteiger partial charge < -0.3 is 4.98 Å². The number of halogens is 2. The molecule has 0 unspecified atom stereocenters. The van der Waals surface area contributed by atoms with Crippen LogP contribution in [0.3, 0.4) is 0 Å². The van der Waals surface area contributed by atoms with Gasteiger partial charge in [0.05, 0.1) is 10.0 Å². The maximum absolute atomic E-state index is 12.4. The molecule has 2 aromatic rings. The second-order valence-electron chi connectivity index (χ2n) is 4.44. The fourth-order valence-corrected chi connectivity index (χ4v) is 4.73. The minimum Gasteiger partial charge on any atom is -0.315 e. The Balaban J connectivity index is 2.30. The first-order valence-corrected chi connectivity index (χ1v) is 8.83. The minimum absolute atomic E-state index is 0.0232. The first-order chi connectivity index (χ1) is 9.71. The summed E-state index contributed by atoms with van der Waals surface area (Å²) >= 11 is 12.4. The Morgan fingerprint density at radius 3 is 2.48 bits per heavy atom. The molecule has 0 saturated carbocycles. The van der Waals surface area contributed by atoms with E-state index in [1.807, 2.05) is 0 Å². The summed E-state index contributed by atoms with van der Waals surface area (Å²) < 4.78 is 26.1. The highest BCUT2D eigenvalue weighted by Gasteiger charge is 2.25. The van der Waals surface area contributed by atoms with E-state index < -0.39 is 14.9 Å². The summed E-state index contributed by atoms with van der Waals surface area (Å²) in [7, 11) is -2.28. The molecule has 1 aromatic carbocycles. The summed E-state index contributed by atoms with van der Waals surface area (Å²) in [6.07, 6.45) is 0. The van der Waals surface area contributed by atoms with Gasteiger partial charge in [-0.3, -0.25) is 4.79 Å². The molecule has 0 aliphatic heterocycles. The third kappa shape index (κ3) is 3.49. The Labute approximate surface area is 136 Å². The molecule has 9 heteroatoms. The standard InChI is InChI=1S/C12H12Cl2N2O3S2/c1-7-11(20-12(17)15-7)21(18,19)16(2)6-8-3-4-9(13)10(14)5-8/h3-5H,6H2,1-2H3,(H,15,17). The molecule has 0 atom stereocenters. The normalized spacial score (nSPS) is 12.0. The number of H-pyrrole nitrogens is 1. The number of sulfonamides is 1. The van der Waals surface area contributed by atoms with Crippen molar-refractivity contribution in [3.8, 4) is 0 Å². The molecule has 1 heterocycles. The van der Waals surface area contributed by atoms with Gasteiger partial charge in [0.25, 0.3) is 10.0 Å². The molecular weight excluding hydrogens is 355 g/mol. The number of aromatic nitrogens is 1. The van der Waals surface area contributed by atoms with Crippen molar-refractivity contribution in [2.45, 2.75) is 17.7 Å². The van der Waals surface area contributed by atoms with Crippen molar-refractivity contribution in [3.63, 3.8) is 0 Å². The first-order valence-electron chi connectivity index (χ1n) is 5.82. The smallest absolute Gasteiger partial charge is 0.305 e. The Bertz CT molecular complexity index is 827. The van der Waals surface area contributed by atoms with Crippen LogP contribution in [-0.4, -0.2) is 24.8 Å². The van der Waals surface area contributed by atoms with E-state index in [1.54, 1.807) is 25.1 Å². The average Bonchev–Trinajstić information content (AvgIpc) is 2.73. The van der Waals surface area contributed by atoms with Crippen LogP contribution >= 0.6 is 34.5 Å². The van der Waals surface area contributed by atoms with Crippen LogP contribution in [0.5, 0.6) is 0 Å². The average molecular weight is 367 g/mol. The number of rotatable bonds is 4. The molecule has 114 valence electrons.